The van der Waals surface area contributed by atoms with Crippen molar-refractivity contribution in [1.29, 1.82) is 0 Å². The third kappa shape index (κ3) is 4.10. The highest BCUT2D eigenvalue weighted by Crippen LogP contribution is 2.32. The molecule has 0 aromatic heterocycles. The minimum Gasteiger partial charge on any atom is -0.389 e. The third-order valence-corrected chi connectivity index (χ3v) is 3.28. The van der Waals surface area contributed by atoms with E-state index in [9.17, 15) is 9.90 Å². The summed E-state index contributed by atoms with van der Waals surface area (Å²) in [5.74, 6) is 0.0421. The molecule has 0 aromatic carbocycles. The average Bonchev–Trinajstić information content (AvgIpc) is 2.65. The first-order valence-corrected chi connectivity index (χ1v) is 6.03. The van der Waals surface area contributed by atoms with E-state index in [1.165, 1.54) is 0 Å². The number of aliphatic hydroxyl groups is 1. The lowest BCUT2D eigenvalue weighted by Crippen LogP contribution is -2.36. The lowest BCUT2D eigenvalue weighted by atomic mass is 9.97. The number of ether oxygens (including phenoxy) is 1. The van der Waals surface area contributed by atoms with Crippen LogP contribution in [-0.4, -0.2) is 48.8 Å². The molecule has 0 saturated heterocycles. The van der Waals surface area contributed by atoms with Crippen LogP contribution in [0.5, 0.6) is 0 Å². The second-order valence-corrected chi connectivity index (χ2v) is 4.77. The van der Waals surface area contributed by atoms with Gasteiger partial charge in [0.15, 0.2) is 0 Å². The van der Waals surface area contributed by atoms with Gasteiger partial charge in [0.1, 0.15) is 0 Å². The summed E-state index contributed by atoms with van der Waals surface area (Å²) >= 11 is 0. The van der Waals surface area contributed by atoms with Crippen molar-refractivity contribution in [2.75, 3.05) is 27.3 Å². The molecule has 1 rings (SSSR count). The van der Waals surface area contributed by atoms with Gasteiger partial charge in [-0.1, -0.05) is 12.8 Å². The molecular weight excluding hydrogens is 206 g/mol. The molecule has 0 aliphatic heterocycles. The van der Waals surface area contributed by atoms with E-state index >= 15 is 0 Å². The normalized spacial score (nSPS) is 18.7. The fourth-order valence-electron chi connectivity index (χ4n) is 2.20. The van der Waals surface area contributed by atoms with Crippen LogP contribution in [-0.2, 0) is 9.53 Å². The minimum absolute atomic E-state index is 0.0421. The van der Waals surface area contributed by atoms with Crippen LogP contribution in [0.15, 0.2) is 0 Å². The van der Waals surface area contributed by atoms with Crippen LogP contribution in [0.4, 0.5) is 0 Å². The van der Waals surface area contributed by atoms with Crippen molar-refractivity contribution < 1.29 is 14.6 Å². The predicted octanol–water partition coefficient (Wildman–Crippen LogP) is 1.18. The van der Waals surface area contributed by atoms with E-state index in [0.717, 1.165) is 32.1 Å². The first-order valence-electron chi connectivity index (χ1n) is 6.03. The molecule has 1 amide bonds. The summed E-state index contributed by atoms with van der Waals surface area (Å²) in [4.78, 5) is 13.5. The Hall–Kier alpha value is -0.610. The van der Waals surface area contributed by atoms with E-state index < -0.39 is 5.60 Å². The van der Waals surface area contributed by atoms with Gasteiger partial charge in [-0.15, -0.1) is 0 Å². The monoisotopic (exact) mass is 229 g/mol. The van der Waals surface area contributed by atoms with Crippen LogP contribution in [0.2, 0.25) is 0 Å². The summed E-state index contributed by atoms with van der Waals surface area (Å²) in [7, 11) is 3.44. The molecule has 0 atom stereocenters. The van der Waals surface area contributed by atoms with Gasteiger partial charge in [-0.3, -0.25) is 4.79 Å². The Kier molecular flexibility index (Phi) is 5.22. The molecule has 1 aliphatic carbocycles. The topological polar surface area (TPSA) is 49.8 Å². The minimum atomic E-state index is -0.730. The summed E-state index contributed by atoms with van der Waals surface area (Å²) in [5, 5.41) is 10.1. The van der Waals surface area contributed by atoms with Crippen molar-refractivity contribution in [2.45, 2.75) is 44.1 Å². The van der Waals surface area contributed by atoms with Gasteiger partial charge in [0.05, 0.1) is 12.0 Å². The second-order valence-electron chi connectivity index (χ2n) is 4.77. The highest BCUT2D eigenvalue weighted by atomic mass is 16.5. The lowest BCUT2D eigenvalue weighted by molar-refractivity contribution is -0.135. The number of carbonyl (C=O) groups is 1. The molecule has 0 unspecified atom stereocenters. The largest absolute Gasteiger partial charge is 0.389 e. The van der Waals surface area contributed by atoms with Gasteiger partial charge in [0, 0.05) is 27.3 Å². The number of carbonyl (C=O) groups excluding carboxylic acids is 1. The van der Waals surface area contributed by atoms with Crippen molar-refractivity contribution in [3.8, 4) is 0 Å². The Morgan fingerprint density at radius 3 is 2.62 bits per heavy atom. The summed E-state index contributed by atoms with van der Waals surface area (Å²) in [6.45, 7) is 1.37. The fraction of sp³-hybridized carbons (Fsp3) is 0.917. The molecule has 1 aliphatic rings. The average molecular weight is 229 g/mol. The van der Waals surface area contributed by atoms with Crippen LogP contribution in [0.25, 0.3) is 0 Å². The summed E-state index contributed by atoms with van der Waals surface area (Å²) in [6, 6.07) is 0. The Labute approximate surface area is 97.6 Å². The number of hydrogen-bond donors (Lipinski definition) is 1. The van der Waals surface area contributed by atoms with Crippen LogP contribution < -0.4 is 0 Å². The highest BCUT2D eigenvalue weighted by Gasteiger charge is 2.34. The molecule has 4 heteroatoms. The Morgan fingerprint density at radius 2 is 2.06 bits per heavy atom. The van der Waals surface area contributed by atoms with Gasteiger partial charge >= 0.3 is 0 Å². The first-order chi connectivity index (χ1) is 7.57. The van der Waals surface area contributed by atoms with E-state index in [4.69, 9.17) is 4.74 Å². The zero-order chi connectivity index (χ0) is 12.0. The molecule has 94 valence electrons. The molecule has 1 N–H and O–H groups in total. The number of rotatable bonds is 6. The second kappa shape index (κ2) is 6.21. The standard InChI is InChI=1S/C12H23NO3/c1-13(8-5-9-16-2)11(14)10-12(15)6-3-4-7-12/h15H,3-10H2,1-2H3. The molecule has 0 bridgehead atoms. The van der Waals surface area contributed by atoms with E-state index in [1.807, 2.05) is 0 Å². The molecular formula is C12H23NO3. The number of nitrogens with zero attached hydrogens (tertiary/aromatic N) is 1. The van der Waals surface area contributed by atoms with Crippen molar-refractivity contribution in [2.24, 2.45) is 0 Å². The van der Waals surface area contributed by atoms with Gasteiger partial charge < -0.3 is 14.7 Å². The summed E-state index contributed by atoms with van der Waals surface area (Å²) in [6.07, 6.45) is 4.73. The van der Waals surface area contributed by atoms with Crippen molar-refractivity contribution >= 4 is 5.91 Å². The van der Waals surface area contributed by atoms with Gasteiger partial charge in [-0.25, -0.2) is 0 Å². The Morgan fingerprint density at radius 1 is 1.44 bits per heavy atom. The molecule has 0 spiro atoms. The zero-order valence-corrected chi connectivity index (χ0v) is 10.4. The van der Waals surface area contributed by atoms with E-state index in [1.54, 1.807) is 19.1 Å². The number of amides is 1. The summed E-state index contributed by atoms with van der Waals surface area (Å²) < 4.78 is 4.94. The SMILES string of the molecule is COCCCN(C)C(=O)CC1(O)CCCC1. The highest BCUT2D eigenvalue weighted by molar-refractivity contribution is 5.77. The van der Waals surface area contributed by atoms with E-state index in [2.05, 4.69) is 0 Å². The van der Waals surface area contributed by atoms with Gasteiger partial charge in [0.25, 0.3) is 0 Å². The first kappa shape index (κ1) is 13.5. The number of methoxy groups -OCH3 is 1. The van der Waals surface area contributed by atoms with Gasteiger partial charge in [-0.05, 0) is 19.3 Å². The van der Waals surface area contributed by atoms with E-state index in [0.29, 0.717) is 13.2 Å². The Bertz CT molecular complexity index is 224. The zero-order valence-electron chi connectivity index (χ0n) is 10.4. The molecule has 4 nitrogen and oxygen atoms in total. The maximum absolute atomic E-state index is 11.8. The van der Waals surface area contributed by atoms with E-state index in [-0.39, 0.29) is 12.3 Å². The number of hydrogen-bond acceptors (Lipinski definition) is 3. The molecule has 1 fully saturated rings. The van der Waals surface area contributed by atoms with Crippen LogP contribution in [0, 0.1) is 0 Å². The smallest absolute Gasteiger partial charge is 0.225 e. The van der Waals surface area contributed by atoms with Crippen molar-refractivity contribution in [3.63, 3.8) is 0 Å². The molecule has 0 radical (unpaired) electrons. The third-order valence-electron chi connectivity index (χ3n) is 3.28. The summed E-state index contributed by atoms with van der Waals surface area (Å²) in [5.41, 5.74) is -0.730. The van der Waals surface area contributed by atoms with Crippen LogP contribution in [0.3, 0.4) is 0 Å². The Balaban J connectivity index is 2.27. The van der Waals surface area contributed by atoms with Gasteiger partial charge in [0.2, 0.25) is 5.91 Å². The molecule has 16 heavy (non-hydrogen) atoms. The van der Waals surface area contributed by atoms with Crippen LogP contribution in [0.1, 0.15) is 38.5 Å². The predicted molar refractivity (Wildman–Crippen MR) is 62.2 cm³/mol. The lowest BCUT2D eigenvalue weighted by Gasteiger charge is -2.25. The fourth-order valence-corrected chi connectivity index (χ4v) is 2.20. The maximum atomic E-state index is 11.8. The van der Waals surface area contributed by atoms with Crippen molar-refractivity contribution in [1.82, 2.24) is 4.90 Å². The van der Waals surface area contributed by atoms with Crippen LogP contribution >= 0.6 is 0 Å². The quantitative estimate of drug-likeness (QED) is 0.696. The molecule has 0 aromatic rings. The molecule has 1 saturated carbocycles. The molecule has 0 heterocycles. The maximum Gasteiger partial charge on any atom is 0.225 e. The van der Waals surface area contributed by atoms with Gasteiger partial charge in [-0.2, -0.15) is 0 Å². The van der Waals surface area contributed by atoms with Crippen molar-refractivity contribution in [3.05, 3.63) is 0 Å².